The average molecular weight is 327 g/mol. The van der Waals surface area contributed by atoms with Crippen LogP contribution in [0.25, 0.3) is 0 Å². The van der Waals surface area contributed by atoms with E-state index in [1.807, 2.05) is 0 Å². The number of azo groups is 1. The number of amides is 1. The zero-order valence-corrected chi connectivity index (χ0v) is 12.0. The fraction of sp³-hybridized carbons (Fsp3) is 0.250. The van der Waals surface area contributed by atoms with Crippen LogP contribution in [0.3, 0.4) is 0 Å². The van der Waals surface area contributed by atoms with E-state index >= 15 is 0 Å². The molecule has 1 rings (SSSR count). The number of hydrogen-bond donors (Lipinski definition) is 5. The van der Waals surface area contributed by atoms with Crippen molar-refractivity contribution in [2.24, 2.45) is 10.2 Å². The van der Waals surface area contributed by atoms with Crippen LogP contribution >= 0.6 is 12.6 Å². The number of rotatable bonds is 7. The maximum Gasteiger partial charge on any atom is 0.339 e. The third kappa shape index (κ3) is 5.05. The monoisotopic (exact) mass is 327 g/mol. The Morgan fingerprint density at radius 3 is 2.45 bits per heavy atom. The molecule has 10 heteroatoms. The summed E-state index contributed by atoms with van der Waals surface area (Å²) in [5.41, 5.74) is -0.131. The van der Waals surface area contributed by atoms with Crippen LogP contribution in [0.5, 0.6) is 5.75 Å². The fourth-order valence-corrected chi connectivity index (χ4v) is 1.62. The quantitative estimate of drug-likeness (QED) is 0.367. The van der Waals surface area contributed by atoms with Gasteiger partial charge in [-0.3, -0.25) is 4.79 Å². The fourth-order valence-electron chi connectivity index (χ4n) is 1.37. The number of nitrogens with zero attached hydrogens (tertiary/aromatic N) is 2. The Morgan fingerprint density at radius 1 is 1.27 bits per heavy atom. The first kappa shape index (κ1) is 17.4. The van der Waals surface area contributed by atoms with E-state index in [1.54, 1.807) is 0 Å². The molecule has 0 radical (unpaired) electrons. The number of thiol groups is 1. The molecule has 4 N–H and O–H groups in total. The topological polar surface area (TPSA) is 149 Å². The van der Waals surface area contributed by atoms with Gasteiger partial charge in [0.1, 0.15) is 23.9 Å². The van der Waals surface area contributed by atoms with Crippen molar-refractivity contribution in [2.45, 2.75) is 6.04 Å². The van der Waals surface area contributed by atoms with Gasteiger partial charge in [-0.15, -0.1) is 0 Å². The maximum absolute atomic E-state index is 11.4. The van der Waals surface area contributed by atoms with E-state index in [9.17, 15) is 19.5 Å². The molecule has 0 spiro atoms. The number of aliphatic carboxylic acids is 1. The van der Waals surface area contributed by atoms with Crippen LogP contribution in [0.15, 0.2) is 28.4 Å². The van der Waals surface area contributed by atoms with Crippen LogP contribution in [0.1, 0.15) is 10.4 Å². The van der Waals surface area contributed by atoms with Gasteiger partial charge in [0, 0.05) is 11.8 Å². The van der Waals surface area contributed by atoms with Gasteiger partial charge in [-0.1, -0.05) is 0 Å². The SMILES string of the molecule is O=C(CN=Nc1ccc(C(=O)O)c(O)c1)NC(CS)C(=O)O. The predicted molar refractivity (Wildman–Crippen MR) is 77.9 cm³/mol. The molecule has 0 aliphatic rings. The summed E-state index contributed by atoms with van der Waals surface area (Å²) in [6.07, 6.45) is 0. The van der Waals surface area contributed by atoms with Crippen LogP contribution < -0.4 is 5.32 Å². The smallest absolute Gasteiger partial charge is 0.339 e. The first-order valence-electron chi connectivity index (χ1n) is 5.92. The number of carbonyl (C=O) groups excluding carboxylic acids is 1. The number of phenols is 1. The molecular weight excluding hydrogens is 314 g/mol. The molecule has 1 aromatic carbocycles. The molecule has 1 amide bonds. The highest BCUT2D eigenvalue weighted by molar-refractivity contribution is 7.80. The summed E-state index contributed by atoms with van der Waals surface area (Å²) < 4.78 is 0. The van der Waals surface area contributed by atoms with Gasteiger partial charge in [-0.2, -0.15) is 22.9 Å². The lowest BCUT2D eigenvalue weighted by molar-refractivity contribution is -0.140. The summed E-state index contributed by atoms with van der Waals surface area (Å²) in [6.45, 7) is -0.418. The summed E-state index contributed by atoms with van der Waals surface area (Å²) in [7, 11) is 0. The molecule has 0 saturated heterocycles. The number of hydrogen-bond acceptors (Lipinski definition) is 7. The Kier molecular flexibility index (Phi) is 6.32. The molecule has 0 aromatic heterocycles. The van der Waals surface area contributed by atoms with Crippen molar-refractivity contribution < 1.29 is 29.7 Å². The standard InChI is InChI=1S/C12H13N3O6S/c16-9-3-6(1-2-7(9)11(18)19)15-13-4-10(17)14-8(5-22)12(20)21/h1-3,8,16,22H,4-5H2,(H,14,17)(H,18,19)(H,20,21). The molecule has 1 atom stereocenters. The first-order valence-corrected chi connectivity index (χ1v) is 6.55. The van der Waals surface area contributed by atoms with Gasteiger partial charge in [0.25, 0.3) is 0 Å². The molecule has 1 unspecified atom stereocenters. The number of aromatic hydroxyl groups is 1. The van der Waals surface area contributed by atoms with Crippen molar-refractivity contribution >= 4 is 36.2 Å². The second kappa shape index (κ2) is 7.98. The lowest BCUT2D eigenvalue weighted by Gasteiger charge is -2.09. The third-order valence-corrected chi connectivity index (χ3v) is 2.79. The highest BCUT2D eigenvalue weighted by atomic mass is 32.1. The normalized spacial score (nSPS) is 12.0. The summed E-state index contributed by atoms with van der Waals surface area (Å²) in [5, 5.41) is 36.3. The number of carbonyl (C=O) groups is 3. The minimum Gasteiger partial charge on any atom is -0.507 e. The van der Waals surface area contributed by atoms with Crippen LogP contribution in [0, 0.1) is 0 Å². The van der Waals surface area contributed by atoms with Crippen molar-refractivity contribution in [1.82, 2.24) is 5.32 Å². The lowest BCUT2D eigenvalue weighted by Crippen LogP contribution is -2.43. The van der Waals surface area contributed by atoms with E-state index < -0.39 is 36.2 Å². The summed E-state index contributed by atoms with van der Waals surface area (Å²) in [6, 6.07) is 2.41. The molecule has 118 valence electrons. The van der Waals surface area contributed by atoms with Crippen LogP contribution in [0.4, 0.5) is 5.69 Å². The summed E-state index contributed by atoms with van der Waals surface area (Å²) >= 11 is 3.79. The first-order chi connectivity index (χ1) is 10.3. The number of carboxylic acid groups (broad SMARTS) is 2. The van der Waals surface area contributed by atoms with Gasteiger partial charge in [0.15, 0.2) is 0 Å². The summed E-state index contributed by atoms with van der Waals surface area (Å²) in [5.74, 6) is -3.70. The largest absolute Gasteiger partial charge is 0.507 e. The second-order valence-electron chi connectivity index (χ2n) is 4.05. The second-order valence-corrected chi connectivity index (χ2v) is 4.41. The average Bonchev–Trinajstić information content (AvgIpc) is 2.44. The Labute approximate surface area is 130 Å². The van der Waals surface area contributed by atoms with Crippen molar-refractivity contribution in [3.63, 3.8) is 0 Å². The van der Waals surface area contributed by atoms with Gasteiger partial charge in [-0.25, -0.2) is 9.59 Å². The van der Waals surface area contributed by atoms with Crippen molar-refractivity contribution in [2.75, 3.05) is 12.3 Å². The molecule has 0 bridgehead atoms. The van der Waals surface area contributed by atoms with E-state index in [4.69, 9.17) is 10.2 Å². The molecule has 0 fully saturated rings. The maximum atomic E-state index is 11.4. The van der Waals surface area contributed by atoms with E-state index in [0.29, 0.717) is 0 Å². The molecule has 0 aliphatic carbocycles. The predicted octanol–water partition coefficient (Wildman–Crippen LogP) is 0.673. The number of benzene rings is 1. The van der Waals surface area contributed by atoms with E-state index in [2.05, 4.69) is 28.2 Å². The zero-order valence-electron chi connectivity index (χ0n) is 11.1. The number of aromatic carboxylic acids is 1. The number of carboxylic acids is 2. The van der Waals surface area contributed by atoms with Gasteiger partial charge in [0.2, 0.25) is 5.91 Å². The number of nitrogens with one attached hydrogen (secondary N) is 1. The van der Waals surface area contributed by atoms with Gasteiger partial charge >= 0.3 is 11.9 Å². The molecule has 0 aliphatic heterocycles. The van der Waals surface area contributed by atoms with Gasteiger partial charge in [-0.05, 0) is 12.1 Å². The highest BCUT2D eigenvalue weighted by Gasteiger charge is 2.17. The Hall–Kier alpha value is -2.62. The van der Waals surface area contributed by atoms with E-state index in [0.717, 1.165) is 12.1 Å². The molecular formula is C12H13N3O6S. The van der Waals surface area contributed by atoms with Crippen LogP contribution in [0.2, 0.25) is 0 Å². The van der Waals surface area contributed by atoms with Crippen molar-refractivity contribution in [1.29, 1.82) is 0 Å². The van der Waals surface area contributed by atoms with Gasteiger partial charge < -0.3 is 20.6 Å². The summed E-state index contributed by atoms with van der Waals surface area (Å²) in [4.78, 5) is 32.8. The molecule has 1 aromatic rings. The van der Waals surface area contributed by atoms with Crippen molar-refractivity contribution in [3.8, 4) is 5.75 Å². The molecule has 22 heavy (non-hydrogen) atoms. The molecule has 0 heterocycles. The third-order valence-electron chi connectivity index (χ3n) is 2.43. The van der Waals surface area contributed by atoms with Crippen LogP contribution in [-0.4, -0.2) is 51.5 Å². The highest BCUT2D eigenvalue weighted by Crippen LogP contribution is 2.23. The minimum atomic E-state index is -1.29. The van der Waals surface area contributed by atoms with Gasteiger partial charge in [0.05, 0.1) is 5.69 Å². The van der Waals surface area contributed by atoms with Crippen LogP contribution in [-0.2, 0) is 9.59 Å². The molecule has 9 nitrogen and oxygen atoms in total. The van der Waals surface area contributed by atoms with E-state index in [-0.39, 0.29) is 17.0 Å². The Balaban J connectivity index is 2.62. The molecule has 0 saturated carbocycles. The van der Waals surface area contributed by atoms with E-state index in [1.165, 1.54) is 6.07 Å². The lowest BCUT2D eigenvalue weighted by atomic mass is 10.2. The van der Waals surface area contributed by atoms with Crippen molar-refractivity contribution in [3.05, 3.63) is 23.8 Å². The zero-order chi connectivity index (χ0) is 16.7. The minimum absolute atomic E-state index is 0.0667. The Bertz CT molecular complexity index is 619. The Morgan fingerprint density at radius 2 is 1.95 bits per heavy atom.